The second kappa shape index (κ2) is 7.75. The summed E-state index contributed by atoms with van der Waals surface area (Å²) in [4.78, 5) is 9.31. The molecule has 0 spiro atoms. The van der Waals surface area contributed by atoms with Crippen LogP contribution in [0, 0.1) is 18.6 Å². The molecule has 3 aromatic rings. The van der Waals surface area contributed by atoms with Crippen LogP contribution in [0.15, 0.2) is 42.5 Å². The first-order valence-corrected chi connectivity index (χ1v) is 12.1. The van der Waals surface area contributed by atoms with Crippen LogP contribution in [0.1, 0.15) is 54.2 Å². The molecule has 1 saturated heterocycles. The number of rotatable bonds is 4. The van der Waals surface area contributed by atoms with Gasteiger partial charge in [0.1, 0.15) is 11.6 Å². The zero-order valence-electron chi connectivity index (χ0n) is 17.2. The van der Waals surface area contributed by atoms with E-state index in [4.69, 9.17) is 9.76 Å². The van der Waals surface area contributed by atoms with Crippen molar-refractivity contribution in [2.24, 2.45) is 0 Å². The molecule has 6 heteroatoms. The summed E-state index contributed by atoms with van der Waals surface area (Å²) < 4.78 is 19.8. The third kappa shape index (κ3) is 4.42. The number of anilines is 1. The quantitative estimate of drug-likeness (QED) is 0.610. The molecule has 0 aliphatic carbocycles. The molecule has 0 saturated carbocycles. The Labute approximate surface area is 173 Å². The highest BCUT2D eigenvalue weighted by Crippen LogP contribution is 2.33. The minimum Gasteiger partial charge on any atom is -0.363 e. The first kappa shape index (κ1) is 19.8. The van der Waals surface area contributed by atoms with Gasteiger partial charge in [-0.05, 0) is 62.8 Å². The lowest BCUT2D eigenvalue weighted by molar-refractivity contribution is 0.598. The molecule has 4 rings (SSSR count). The predicted molar refractivity (Wildman–Crippen MR) is 120 cm³/mol. The summed E-state index contributed by atoms with van der Waals surface area (Å²) >= 11 is 0. The van der Waals surface area contributed by atoms with Gasteiger partial charge in [-0.1, -0.05) is 35.9 Å². The summed E-state index contributed by atoms with van der Waals surface area (Å²) in [5.41, 5.74) is 4.62. The molecule has 5 nitrogen and oxygen atoms in total. The van der Waals surface area contributed by atoms with E-state index in [0.717, 1.165) is 35.4 Å². The molecule has 1 aromatic heterocycles. The second-order valence-corrected chi connectivity index (χ2v) is 10.6. The molecule has 1 aliphatic rings. The van der Waals surface area contributed by atoms with Crippen LogP contribution in [0.5, 0.6) is 0 Å². The molecule has 2 N–H and O–H groups in total. The van der Waals surface area contributed by atoms with Gasteiger partial charge in [-0.15, -0.1) is 0 Å². The maximum absolute atomic E-state index is 12.0. The monoisotopic (exact) mass is 408 g/mol. The Morgan fingerprint density at radius 3 is 2.59 bits per heavy atom. The van der Waals surface area contributed by atoms with Gasteiger partial charge in [0.25, 0.3) is 0 Å². The lowest BCUT2D eigenvalue weighted by Gasteiger charge is -2.24. The molecule has 0 radical (unpaired) electrons. The van der Waals surface area contributed by atoms with E-state index in [2.05, 4.69) is 66.6 Å². The second-order valence-electron chi connectivity index (χ2n) is 8.17. The first-order valence-electron chi connectivity index (χ1n) is 10.2. The first-order chi connectivity index (χ1) is 13.8. The van der Waals surface area contributed by atoms with Crippen molar-refractivity contribution in [3.8, 4) is 0 Å². The fourth-order valence-electron chi connectivity index (χ4n) is 4.10. The van der Waals surface area contributed by atoms with Crippen molar-refractivity contribution in [2.75, 3.05) is 16.8 Å². The van der Waals surface area contributed by atoms with Crippen molar-refractivity contribution >= 4 is 26.4 Å². The van der Waals surface area contributed by atoms with Gasteiger partial charge in [0.15, 0.2) is 0 Å². The average Bonchev–Trinajstić information content (AvgIpc) is 2.67. The molecule has 152 valence electrons. The van der Waals surface area contributed by atoms with E-state index in [1.807, 2.05) is 6.92 Å². The molecular weight excluding hydrogens is 380 g/mol. The van der Waals surface area contributed by atoms with Gasteiger partial charge in [0.2, 0.25) is 0 Å². The molecule has 1 aliphatic heterocycles. The standard InChI is InChI=1S/C23H28N4OS/c1-15-5-4-6-19(13-15)16(2)25-23-21-14-20(7-8-22(21)26-17(3)27-23)18-9-11-29(24,28)12-10-18/h4-8,13-14,16,18,24H,9-12H2,1-3H3,(H,25,26,27)/t16-,18-,29-/m1/s1. The number of nitrogens with zero attached hydrogens (tertiary/aromatic N) is 2. The summed E-state index contributed by atoms with van der Waals surface area (Å²) in [6.07, 6.45) is 1.62. The van der Waals surface area contributed by atoms with Gasteiger partial charge in [-0.2, -0.15) is 0 Å². The van der Waals surface area contributed by atoms with Crippen LogP contribution in [-0.2, 0) is 9.73 Å². The molecule has 29 heavy (non-hydrogen) atoms. The number of hydrogen-bond donors (Lipinski definition) is 2. The fourth-order valence-corrected chi connectivity index (χ4v) is 5.63. The summed E-state index contributed by atoms with van der Waals surface area (Å²) in [6, 6.07) is 15.0. The molecule has 0 unspecified atom stereocenters. The Bertz CT molecular complexity index is 1140. The normalized spacial score (nSPS) is 23.1. The third-order valence-electron chi connectivity index (χ3n) is 5.79. The van der Waals surface area contributed by atoms with Crippen molar-refractivity contribution < 1.29 is 4.21 Å². The van der Waals surface area contributed by atoms with E-state index in [9.17, 15) is 4.21 Å². The molecule has 1 atom stereocenters. The number of fused-ring (bicyclic) bond motifs is 1. The van der Waals surface area contributed by atoms with Crippen molar-refractivity contribution in [1.82, 2.24) is 9.97 Å². The summed E-state index contributed by atoms with van der Waals surface area (Å²) in [6.45, 7) is 6.17. The Kier molecular flexibility index (Phi) is 5.30. The van der Waals surface area contributed by atoms with Crippen LogP contribution >= 0.6 is 0 Å². The molecular formula is C23H28N4OS. The zero-order valence-corrected chi connectivity index (χ0v) is 18.1. The smallest absolute Gasteiger partial charge is 0.138 e. The van der Waals surface area contributed by atoms with E-state index in [1.165, 1.54) is 16.7 Å². The minimum absolute atomic E-state index is 0.124. The summed E-state index contributed by atoms with van der Waals surface area (Å²) in [5.74, 6) is 2.94. The zero-order chi connectivity index (χ0) is 20.6. The minimum atomic E-state index is -2.37. The number of benzene rings is 2. The van der Waals surface area contributed by atoms with Gasteiger partial charge in [-0.3, -0.25) is 4.78 Å². The van der Waals surface area contributed by atoms with Crippen LogP contribution < -0.4 is 5.32 Å². The Morgan fingerprint density at radius 2 is 1.86 bits per heavy atom. The predicted octanol–water partition coefficient (Wildman–Crippen LogP) is 5.34. The highest BCUT2D eigenvalue weighted by molar-refractivity contribution is 7.92. The topological polar surface area (TPSA) is 78.7 Å². The lowest BCUT2D eigenvalue weighted by Crippen LogP contribution is -2.21. The van der Waals surface area contributed by atoms with Crippen molar-refractivity contribution in [3.05, 3.63) is 65.0 Å². The Morgan fingerprint density at radius 1 is 1.10 bits per heavy atom. The highest BCUT2D eigenvalue weighted by Gasteiger charge is 2.23. The number of aromatic nitrogens is 2. The fraction of sp³-hybridized carbons (Fsp3) is 0.391. The summed E-state index contributed by atoms with van der Waals surface area (Å²) in [7, 11) is -2.37. The van der Waals surface area contributed by atoms with Crippen molar-refractivity contribution in [3.63, 3.8) is 0 Å². The third-order valence-corrected chi connectivity index (χ3v) is 7.58. The Balaban J connectivity index is 1.67. The van der Waals surface area contributed by atoms with Crippen molar-refractivity contribution in [1.29, 1.82) is 4.78 Å². The van der Waals surface area contributed by atoms with E-state index in [1.54, 1.807) is 0 Å². The maximum Gasteiger partial charge on any atom is 0.138 e. The maximum atomic E-state index is 12.0. The molecule has 2 aromatic carbocycles. The number of hydrogen-bond acceptors (Lipinski definition) is 5. The molecule has 2 heterocycles. The largest absolute Gasteiger partial charge is 0.363 e. The van der Waals surface area contributed by atoms with Gasteiger partial charge in [0, 0.05) is 32.7 Å². The average molecular weight is 409 g/mol. The highest BCUT2D eigenvalue weighted by atomic mass is 32.2. The van der Waals surface area contributed by atoms with Crippen LogP contribution in [0.2, 0.25) is 0 Å². The van der Waals surface area contributed by atoms with Crippen molar-refractivity contribution in [2.45, 2.75) is 45.6 Å². The lowest BCUT2D eigenvalue weighted by atomic mass is 9.92. The number of aryl methyl sites for hydroxylation is 2. The van der Waals surface area contributed by atoms with E-state index >= 15 is 0 Å². The van der Waals surface area contributed by atoms with Crippen LogP contribution in [0.25, 0.3) is 10.9 Å². The molecule has 1 fully saturated rings. The van der Waals surface area contributed by atoms with E-state index < -0.39 is 9.73 Å². The Hall–Kier alpha value is -2.47. The van der Waals surface area contributed by atoms with E-state index in [-0.39, 0.29) is 6.04 Å². The van der Waals surface area contributed by atoms with Gasteiger partial charge >= 0.3 is 0 Å². The van der Waals surface area contributed by atoms with Crippen LogP contribution in [-0.4, -0.2) is 25.7 Å². The van der Waals surface area contributed by atoms with Gasteiger partial charge < -0.3 is 5.32 Å². The van der Waals surface area contributed by atoms with E-state index in [0.29, 0.717) is 17.4 Å². The van der Waals surface area contributed by atoms with Crippen LogP contribution in [0.3, 0.4) is 0 Å². The van der Waals surface area contributed by atoms with Crippen LogP contribution in [0.4, 0.5) is 5.82 Å². The van der Waals surface area contributed by atoms with Gasteiger partial charge in [-0.25, -0.2) is 14.2 Å². The number of nitrogens with one attached hydrogen (secondary N) is 2. The SMILES string of the molecule is Cc1cccc([C@@H](C)Nc2nc(C)nc3ccc([C@H]4CC[S@](=N)(=O)CC4)cc23)c1. The summed E-state index contributed by atoms with van der Waals surface area (Å²) in [5, 5.41) is 4.60. The molecule has 0 bridgehead atoms. The molecule has 0 amide bonds. The van der Waals surface area contributed by atoms with Gasteiger partial charge in [0.05, 0.1) is 5.52 Å².